The topological polar surface area (TPSA) is 121 Å². The molecule has 9 nitrogen and oxygen atoms in total. The first-order valence-electron chi connectivity index (χ1n) is 9.91. The van der Waals surface area contributed by atoms with Gasteiger partial charge in [-0.3, -0.25) is 15.7 Å². The van der Waals surface area contributed by atoms with Gasteiger partial charge in [0.15, 0.2) is 11.4 Å². The third-order valence-electron chi connectivity index (χ3n) is 5.78. The fourth-order valence-electron chi connectivity index (χ4n) is 4.46. The molecule has 0 radical (unpaired) electrons. The van der Waals surface area contributed by atoms with Gasteiger partial charge in [0.25, 0.3) is 0 Å². The molecule has 1 fully saturated rings. The molecule has 2 aliphatic heterocycles. The van der Waals surface area contributed by atoms with Crippen molar-refractivity contribution >= 4 is 23.2 Å². The third-order valence-corrected chi connectivity index (χ3v) is 5.98. The van der Waals surface area contributed by atoms with Crippen LogP contribution in [0.4, 0.5) is 11.6 Å². The summed E-state index contributed by atoms with van der Waals surface area (Å²) >= 11 is 6.07. The van der Waals surface area contributed by atoms with E-state index in [0.29, 0.717) is 22.8 Å². The zero-order valence-corrected chi connectivity index (χ0v) is 17.1. The molecular formula is C20H23ClN8O. The number of nitrogens with two attached hydrogens (primary N) is 1. The van der Waals surface area contributed by atoms with E-state index in [-0.39, 0.29) is 5.62 Å². The molecule has 2 aliphatic rings. The Morgan fingerprint density at radius 2 is 2.27 bits per heavy atom. The van der Waals surface area contributed by atoms with Gasteiger partial charge in [-0.1, -0.05) is 11.6 Å². The molecule has 1 saturated heterocycles. The van der Waals surface area contributed by atoms with Gasteiger partial charge in [0.1, 0.15) is 16.8 Å². The molecule has 0 saturated carbocycles. The van der Waals surface area contributed by atoms with Crippen LogP contribution < -0.4 is 22.1 Å². The first-order valence-corrected chi connectivity index (χ1v) is 10.3. The van der Waals surface area contributed by atoms with Crippen LogP contribution in [0.3, 0.4) is 0 Å². The highest BCUT2D eigenvalue weighted by Gasteiger charge is 2.45. The first kappa shape index (κ1) is 19.0. The van der Waals surface area contributed by atoms with Gasteiger partial charge >= 0.3 is 0 Å². The molecule has 0 aromatic carbocycles. The molecule has 2 atom stereocenters. The molecule has 5 N–H and O–H groups in total. The van der Waals surface area contributed by atoms with E-state index in [4.69, 9.17) is 27.2 Å². The zero-order valence-electron chi connectivity index (χ0n) is 16.3. The predicted octanol–water partition coefficient (Wildman–Crippen LogP) is 2.46. The highest BCUT2D eigenvalue weighted by Crippen LogP contribution is 2.38. The van der Waals surface area contributed by atoms with Crippen LogP contribution in [0, 0.1) is 5.41 Å². The number of anilines is 2. The van der Waals surface area contributed by atoms with E-state index in [1.807, 2.05) is 24.3 Å². The molecule has 10 heteroatoms. The summed E-state index contributed by atoms with van der Waals surface area (Å²) in [6, 6.07) is 9.75. The van der Waals surface area contributed by atoms with Gasteiger partial charge in [-0.15, -0.1) is 0 Å². The third kappa shape index (κ3) is 3.40. The minimum absolute atomic E-state index is 0.0423. The summed E-state index contributed by atoms with van der Waals surface area (Å²) < 4.78 is 7.42. The van der Waals surface area contributed by atoms with Crippen LogP contribution in [0.15, 0.2) is 47.2 Å². The Kier molecular flexibility index (Phi) is 4.63. The number of pyridine rings is 1. The summed E-state index contributed by atoms with van der Waals surface area (Å²) in [5.41, 5.74) is 9.76. The Labute approximate surface area is 178 Å². The maximum absolute atomic E-state index is 8.20. The first-order chi connectivity index (χ1) is 14.5. The molecule has 2 unspecified atom stereocenters. The molecule has 3 aromatic rings. The van der Waals surface area contributed by atoms with Crippen molar-refractivity contribution in [2.24, 2.45) is 0 Å². The number of aromatic nitrogens is 3. The normalized spacial score (nSPS) is 23.2. The number of nitrogens with one attached hydrogen (secondary N) is 3. The average Bonchev–Trinajstić information content (AvgIpc) is 3.43. The lowest BCUT2D eigenvalue weighted by Crippen LogP contribution is -2.47. The number of hydrogen-bond acceptors (Lipinski definition) is 8. The van der Waals surface area contributed by atoms with Crippen LogP contribution in [0.1, 0.15) is 30.6 Å². The van der Waals surface area contributed by atoms with Gasteiger partial charge in [-0.2, -0.15) is 4.98 Å². The monoisotopic (exact) mass is 426 g/mol. The van der Waals surface area contributed by atoms with Crippen molar-refractivity contribution in [3.8, 4) is 0 Å². The second-order valence-electron chi connectivity index (χ2n) is 7.80. The summed E-state index contributed by atoms with van der Waals surface area (Å²) in [5.74, 6) is 1.74. The Morgan fingerprint density at radius 3 is 3.07 bits per heavy atom. The SMILES string of the molecule is N=c1nc(N)cc2n1NC(CC1CCCN1Cc1ccnc(Cl)c1)(c1ccco1)N2. The van der Waals surface area contributed by atoms with E-state index >= 15 is 0 Å². The van der Waals surface area contributed by atoms with Gasteiger partial charge in [0.2, 0.25) is 5.62 Å². The van der Waals surface area contributed by atoms with Crippen molar-refractivity contribution in [1.82, 2.24) is 19.5 Å². The standard InChI is InChI=1S/C20H23ClN8O/c21-16-9-13(5-6-24-16)12-28-7-1-3-14(28)11-20(15-4-2-8-30-15)26-18-10-17(22)25-19(23)29(18)27-20/h2,4-6,8-10,14,26-27H,1,3,7,11-12H2,(H3,22,23,25). The number of nitrogen functional groups attached to an aromatic ring is 1. The van der Waals surface area contributed by atoms with Gasteiger partial charge in [-0.25, -0.2) is 9.66 Å². The van der Waals surface area contributed by atoms with E-state index in [0.717, 1.165) is 43.7 Å². The Hall–Kier alpha value is -3.04. The van der Waals surface area contributed by atoms with Crippen molar-refractivity contribution < 1.29 is 4.42 Å². The molecular weight excluding hydrogens is 404 g/mol. The lowest BCUT2D eigenvalue weighted by molar-refractivity contribution is 0.200. The summed E-state index contributed by atoms with van der Waals surface area (Å²) in [6.45, 7) is 1.82. The molecule has 3 aromatic heterocycles. The minimum Gasteiger partial charge on any atom is -0.465 e. The predicted molar refractivity (Wildman–Crippen MR) is 113 cm³/mol. The summed E-state index contributed by atoms with van der Waals surface area (Å²) in [7, 11) is 0. The van der Waals surface area contributed by atoms with Crippen LogP contribution in [0.25, 0.3) is 0 Å². The van der Waals surface area contributed by atoms with Gasteiger partial charge in [-0.05, 0) is 49.2 Å². The molecule has 5 heterocycles. The van der Waals surface area contributed by atoms with Crippen LogP contribution >= 0.6 is 11.6 Å². The molecule has 0 amide bonds. The zero-order chi connectivity index (χ0) is 20.7. The van der Waals surface area contributed by atoms with E-state index < -0.39 is 5.66 Å². The smallest absolute Gasteiger partial charge is 0.244 e. The van der Waals surface area contributed by atoms with Crippen LogP contribution in [0.2, 0.25) is 5.15 Å². The molecule has 5 rings (SSSR count). The Balaban J connectivity index is 1.44. The van der Waals surface area contributed by atoms with Gasteiger partial charge in [0, 0.05) is 31.3 Å². The summed E-state index contributed by atoms with van der Waals surface area (Å²) in [4.78, 5) is 10.6. The van der Waals surface area contributed by atoms with E-state index in [2.05, 4.69) is 25.6 Å². The number of halogens is 1. The maximum atomic E-state index is 8.20. The number of furan rings is 1. The van der Waals surface area contributed by atoms with Gasteiger partial charge < -0.3 is 15.5 Å². The minimum atomic E-state index is -0.703. The summed E-state index contributed by atoms with van der Waals surface area (Å²) in [5, 5.41) is 12.2. The van der Waals surface area contributed by atoms with Crippen molar-refractivity contribution in [3.05, 3.63) is 64.9 Å². The second-order valence-corrected chi connectivity index (χ2v) is 8.19. The largest absolute Gasteiger partial charge is 0.465 e. The Morgan fingerprint density at radius 1 is 1.37 bits per heavy atom. The molecule has 0 aliphatic carbocycles. The molecule has 0 bridgehead atoms. The second kappa shape index (κ2) is 7.33. The van der Waals surface area contributed by atoms with Crippen molar-refractivity contribution in [3.63, 3.8) is 0 Å². The lowest BCUT2D eigenvalue weighted by Gasteiger charge is -2.34. The number of nitrogens with zero attached hydrogens (tertiary/aromatic N) is 4. The molecule has 0 spiro atoms. The van der Waals surface area contributed by atoms with E-state index in [1.54, 1.807) is 23.2 Å². The number of likely N-dealkylation sites (tertiary alicyclic amines) is 1. The summed E-state index contributed by atoms with van der Waals surface area (Å²) in [6.07, 6.45) is 6.33. The van der Waals surface area contributed by atoms with E-state index in [1.165, 1.54) is 0 Å². The van der Waals surface area contributed by atoms with E-state index in [9.17, 15) is 0 Å². The fourth-order valence-corrected chi connectivity index (χ4v) is 4.66. The quantitative estimate of drug-likeness (QED) is 0.462. The van der Waals surface area contributed by atoms with Crippen molar-refractivity contribution in [2.75, 3.05) is 23.0 Å². The van der Waals surface area contributed by atoms with Gasteiger partial charge in [0.05, 0.1) is 6.26 Å². The van der Waals surface area contributed by atoms with Crippen LogP contribution in [-0.2, 0) is 12.2 Å². The number of rotatable bonds is 5. The maximum Gasteiger partial charge on any atom is 0.244 e. The molecule has 156 valence electrons. The molecule has 30 heavy (non-hydrogen) atoms. The highest BCUT2D eigenvalue weighted by molar-refractivity contribution is 6.29. The highest BCUT2D eigenvalue weighted by atomic mass is 35.5. The lowest BCUT2D eigenvalue weighted by atomic mass is 9.96. The van der Waals surface area contributed by atoms with Crippen LogP contribution in [-0.4, -0.2) is 32.1 Å². The Bertz CT molecular complexity index is 1110. The van der Waals surface area contributed by atoms with Crippen LogP contribution in [0.5, 0.6) is 0 Å². The fraction of sp³-hybridized carbons (Fsp3) is 0.350. The number of fused-ring (bicyclic) bond motifs is 1. The number of hydrogen-bond donors (Lipinski definition) is 4. The average molecular weight is 427 g/mol. The van der Waals surface area contributed by atoms with Crippen molar-refractivity contribution in [2.45, 2.75) is 37.5 Å². The van der Waals surface area contributed by atoms with Crippen molar-refractivity contribution in [1.29, 1.82) is 5.41 Å².